The molecule has 0 bridgehead atoms. The van der Waals surface area contributed by atoms with E-state index in [1.807, 2.05) is 24.3 Å². The molecule has 1 aromatic carbocycles. The number of rotatable bonds is 3. The lowest BCUT2D eigenvalue weighted by Gasteiger charge is -2.36. The van der Waals surface area contributed by atoms with Crippen molar-refractivity contribution < 1.29 is 9.84 Å². The van der Waals surface area contributed by atoms with Crippen molar-refractivity contribution in [2.45, 2.75) is 45.6 Å². The largest absolute Gasteiger partial charge is 0.497 e. The standard InChI is InChI=1S/C16H24O2/c1-16(2)10-8-13(9-11-16)15(17)12-4-6-14(18-3)7-5-12/h4-7,13,15,17H,8-11H2,1-3H3. The Balaban J connectivity index is 2.00. The Labute approximate surface area is 110 Å². The quantitative estimate of drug-likeness (QED) is 0.877. The Bertz CT molecular complexity index is 371. The van der Waals surface area contributed by atoms with Crippen molar-refractivity contribution in [3.8, 4) is 5.75 Å². The summed E-state index contributed by atoms with van der Waals surface area (Å²) in [5.74, 6) is 1.25. The van der Waals surface area contributed by atoms with Gasteiger partial charge in [-0.3, -0.25) is 0 Å². The molecule has 1 fully saturated rings. The Morgan fingerprint density at radius 3 is 2.22 bits per heavy atom. The molecule has 18 heavy (non-hydrogen) atoms. The lowest BCUT2D eigenvalue weighted by Crippen LogP contribution is -2.25. The van der Waals surface area contributed by atoms with Crippen molar-refractivity contribution in [2.24, 2.45) is 11.3 Å². The molecule has 1 unspecified atom stereocenters. The van der Waals surface area contributed by atoms with E-state index >= 15 is 0 Å². The minimum Gasteiger partial charge on any atom is -0.497 e. The van der Waals surface area contributed by atoms with Gasteiger partial charge >= 0.3 is 0 Å². The summed E-state index contributed by atoms with van der Waals surface area (Å²) in [6.45, 7) is 4.64. The van der Waals surface area contributed by atoms with Gasteiger partial charge in [0.25, 0.3) is 0 Å². The van der Waals surface area contributed by atoms with Crippen molar-refractivity contribution in [2.75, 3.05) is 7.11 Å². The molecule has 2 rings (SSSR count). The van der Waals surface area contributed by atoms with Crippen LogP contribution in [0.5, 0.6) is 5.75 Å². The highest BCUT2D eigenvalue weighted by molar-refractivity contribution is 5.28. The summed E-state index contributed by atoms with van der Waals surface area (Å²) in [6, 6.07) is 7.79. The number of hydrogen-bond donors (Lipinski definition) is 1. The normalized spacial score (nSPS) is 21.6. The lowest BCUT2D eigenvalue weighted by atomic mass is 9.71. The molecule has 0 saturated heterocycles. The molecule has 2 heteroatoms. The van der Waals surface area contributed by atoms with Gasteiger partial charge in [-0.25, -0.2) is 0 Å². The first-order valence-corrected chi connectivity index (χ1v) is 6.84. The molecule has 0 aliphatic heterocycles. The third-order valence-electron chi connectivity index (χ3n) is 4.29. The van der Waals surface area contributed by atoms with E-state index in [-0.39, 0.29) is 6.10 Å². The lowest BCUT2D eigenvalue weighted by molar-refractivity contribution is 0.0567. The van der Waals surface area contributed by atoms with Crippen LogP contribution < -0.4 is 4.74 Å². The summed E-state index contributed by atoms with van der Waals surface area (Å²) >= 11 is 0. The van der Waals surface area contributed by atoms with Crippen molar-refractivity contribution >= 4 is 0 Å². The van der Waals surface area contributed by atoms with E-state index in [9.17, 15) is 5.11 Å². The molecule has 0 aromatic heterocycles. The van der Waals surface area contributed by atoms with E-state index in [2.05, 4.69) is 13.8 Å². The average molecular weight is 248 g/mol. The van der Waals surface area contributed by atoms with Crippen LogP contribution in [0.2, 0.25) is 0 Å². The molecule has 1 aromatic rings. The molecule has 0 radical (unpaired) electrons. The first-order valence-electron chi connectivity index (χ1n) is 6.84. The smallest absolute Gasteiger partial charge is 0.118 e. The van der Waals surface area contributed by atoms with E-state index in [1.54, 1.807) is 7.11 Å². The van der Waals surface area contributed by atoms with Crippen LogP contribution in [0.25, 0.3) is 0 Å². The van der Waals surface area contributed by atoms with Crippen LogP contribution in [-0.2, 0) is 0 Å². The molecule has 0 spiro atoms. The number of aliphatic hydroxyl groups is 1. The average Bonchev–Trinajstić information content (AvgIpc) is 2.38. The van der Waals surface area contributed by atoms with Gasteiger partial charge in [0.2, 0.25) is 0 Å². The van der Waals surface area contributed by atoms with E-state index in [0.29, 0.717) is 11.3 Å². The highest BCUT2D eigenvalue weighted by Crippen LogP contribution is 2.42. The minimum atomic E-state index is -0.327. The van der Waals surface area contributed by atoms with Crippen LogP contribution in [0, 0.1) is 11.3 Å². The SMILES string of the molecule is COc1ccc(C(O)C2CCC(C)(C)CC2)cc1. The van der Waals surface area contributed by atoms with Gasteiger partial charge in [0.15, 0.2) is 0 Å². The van der Waals surface area contributed by atoms with Gasteiger partial charge < -0.3 is 9.84 Å². The number of methoxy groups -OCH3 is 1. The Kier molecular flexibility index (Phi) is 3.96. The maximum absolute atomic E-state index is 10.4. The topological polar surface area (TPSA) is 29.5 Å². The molecule has 1 aliphatic carbocycles. The summed E-state index contributed by atoms with van der Waals surface area (Å²) in [4.78, 5) is 0. The van der Waals surface area contributed by atoms with E-state index in [0.717, 1.165) is 24.2 Å². The molecule has 100 valence electrons. The monoisotopic (exact) mass is 248 g/mol. The van der Waals surface area contributed by atoms with Crippen LogP contribution in [0.15, 0.2) is 24.3 Å². The van der Waals surface area contributed by atoms with Crippen molar-refractivity contribution in [3.63, 3.8) is 0 Å². The second-order valence-electron chi connectivity index (χ2n) is 6.22. The van der Waals surface area contributed by atoms with Crippen molar-refractivity contribution in [1.82, 2.24) is 0 Å². The van der Waals surface area contributed by atoms with Gasteiger partial charge in [0, 0.05) is 0 Å². The van der Waals surface area contributed by atoms with Gasteiger partial charge in [0.1, 0.15) is 5.75 Å². The summed E-state index contributed by atoms with van der Waals surface area (Å²) in [5.41, 5.74) is 1.47. The number of aliphatic hydroxyl groups excluding tert-OH is 1. The molecule has 0 heterocycles. The molecule has 1 aliphatic rings. The van der Waals surface area contributed by atoms with Crippen LogP contribution >= 0.6 is 0 Å². The van der Waals surface area contributed by atoms with Crippen LogP contribution in [0.1, 0.15) is 51.2 Å². The maximum Gasteiger partial charge on any atom is 0.118 e. The molecule has 1 N–H and O–H groups in total. The third-order valence-corrected chi connectivity index (χ3v) is 4.29. The molecular weight excluding hydrogens is 224 g/mol. The fourth-order valence-corrected chi connectivity index (χ4v) is 2.81. The highest BCUT2D eigenvalue weighted by Gasteiger charge is 2.31. The Morgan fingerprint density at radius 2 is 1.72 bits per heavy atom. The number of ether oxygens (including phenoxy) is 1. The summed E-state index contributed by atoms with van der Waals surface area (Å²) in [6.07, 6.45) is 4.35. The second-order valence-corrected chi connectivity index (χ2v) is 6.22. The van der Waals surface area contributed by atoms with Crippen LogP contribution in [-0.4, -0.2) is 12.2 Å². The first kappa shape index (κ1) is 13.4. The zero-order valence-corrected chi connectivity index (χ0v) is 11.6. The molecular formula is C16H24O2. The summed E-state index contributed by atoms with van der Waals surface area (Å²) < 4.78 is 5.14. The minimum absolute atomic E-state index is 0.327. The number of hydrogen-bond acceptors (Lipinski definition) is 2. The van der Waals surface area contributed by atoms with Crippen LogP contribution in [0.4, 0.5) is 0 Å². The Hall–Kier alpha value is -1.02. The van der Waals surface area contributed by atoms with Gasteiger partial charge in [-0.2, -0.15) is 0 Å². The second kappa shape index (κ2) is 5.31. The maximum atomic E-state index is 10.4. The fourth-order valence-electron chi connectivity index (χ4n) is 2.81. The zero-order chi connectivity index (χ0) is 13.2. The van der Waals surface area contributed by atoms with Gasteiger partial charge in [-0.05, 0) is 54.7 Å². The van der Waals surface area contributed by atoms with Crippen molar-refractivity contribution in [1.29, 1.82) is 0 Å². The summed E-state index contributed by atoms with van der Waals surface area (Å²) in [5, 5.41) is 10.4. The van der Waals surface area contributed by atoms with Gasteiger partial charge in [-0.15, -0.1) is 0 Å². The van der Waals surface area contributed by atoms with Gasteiger partial charge in [-0.1, -0.05) is 26.0 Å². The van der Waals surface area contributed by atoms with E-state index < -0.39 is 0 Å². The van der Waals surface area contributed by atoms with E-state index in [4.69, 9.17) is 4.74 Å². The van der Waals surface area contributed by atoms with Gasteiger partial charge in [0.05, 0.1) is 13.2 Å². The predicted octanol–water partition coefficient (Wildman–Crippen LogP) is 3.95. The van der Waals surface area contributed by atoms with Crippen molar-refractivity contribution in [3.05, 3.63) is 29.8 Å². The highest BCUT2D eigenvalue weighted by atomic mass is 16.5. The predicted molar refractivity (Wildman–Crippen MR) is 73.7 cm³/mol. The molecule has 0 amide bonds. The number of benzene rings is 1. The fraction of sp³-hybridized carbons (Fsp3) is 0.625. The first-order chi connectivity index (χ1) is 8.52. The third kappa shape index (κ3) is 3.05. The Morgan fingerprint density at radius 1 is 1.17 bits per heavy atom. The molecule has 1 saturated carbocycles. The summed E-state index contributed by atoms with van der Waals surface area (Å²) in [7, 11) is 1.66. The molecule has 1 atom stereocenters. The zero-order valence-electron chi connectivity index (χ0n) is 11.6. The van der Waals surface area contributed by atoms with E-state index in [1.165, 1.54) is 12.8 Å². The molecule has 2 nitrogen and oxygen atoms in total. The van der Waals surface area contributed by atoms with Crippen LogP contribution in [0.3, 0.4) is 0 Å².